The first-order chi connectivity index (χ1) is 22.0. The van der Waals surface area contributed by atoms with Gasteiger partial charge in [0, 0.05) is 0 Å². The number of allylic oxidation sites excluding steroid dienone is 2. The van der Waals surface area contributed by atoms with Crippen LogP contribution in [0, 0.1) is 13.8 Å². The van der Waals surface area contributed by atoms with Crippen LogP contribution in [0.25, 0.3) is 34.4 Å². The molecule has 2 aliphatic rings. The predicted molar refractivity (Wildman–Crippen MR) is 214 cm³/mol. The molecule has 0 N–H and O–H groups in total. The van der Waals surface area contributed by atoms with Gasteiger partial charge < -0.3 is 0 Å². The van der Waals surface area contributed by atoms with Gasteiger partial charge in [-0.3, -0.25) is 0 Å². The third-order valence-corrected chi connectivity index (χ3v) is 49.7. The van der Waals surface area contributed by atoms with E-state index >= 15 is 0 Å². The van der Waals surface area contributed by atoms with Crippen molar-refractivity contribution in [3.63, 3.8) is 0 Å². The van der Waals surface area contributed by atoms with Crippen molar-refractivity contribution in [3.05, 3.63) is 129 Å². The Labute approximate surface area is 286 Å². The Kier molecular flexibility index (Phi) is 7.35. The summed E-state index contributed by atoms with van der Waals surface area (Å²) >= 11 is -5.22. The van der Waals surface area contributed by atoms with Crippen molar-refractivity contribution in [3.8, 4) is 22.3 Å². The quantitative estimate of drug-likeness (QED) is 0.170. The fourth-order valence-electron chi connectivity index (χ4n) is 10.2. The Morgan fingerprint density at radius 1 is 0.583 bits per heavy atom. The van der Waals surface area contributed by atoms with Gasteiger partial charge in [-0.05, 0) is 0 Å². The molecular formula is C47H60Hf. The third kappa shape index (κ3) is 5.30. The van der Waals surface area contributed by atoms with Gasteiger partial charge in [-0.1, -0.05) is 0 Å². The Morgan fingerprint density at radius 2 is 0.979 bits per heavy atom. The average Bonchev–Trinajstić information content (AvgIpc) is 3.63. The number of benzene rings is 4. The van der Waals surface area contributed by atoms with Crippen molar-refractivity contribution >= 4 is 16.4 Å². The minimum absolute atomic E-state index is 0.131. The van der Waals surface area contributed by atoms with Gasteiger partial charge >= 0.3 is 288 Å². The Morgan fingerprint density at radius 3 is 1.31 bits per heavy atom. The summed E-state index contributed by atoms with van der Waals surface area (Å²) in [6.45, 7) is 20.7. The molecule has 2 atom stereocenters. The van der Waals surface area contributed by atoms with Crippen molar-refractivity contribution in [2.24, 2.45) is 0 Å². The van der Waals surface area contributed by atoms with Crippen LogP contribution in [0.5, 0.6) is 0 Å². The van der Waals surface area contributed by atoms with Crippen molar-refractivity contribution in [2.45, 2.75) is 105 Å². The Hall–Kier alpha value is -2.90. The molecule has 0 radical (unpaired) electrons. The molecule has 0 saturated carbocycles. The van der Waals surface area contributed by atoms with Gasteiger partial charge in [-0.15, -0.1) is 0 Å². The second-order valence-corrected chi connectivity index (χ2v) is 74.8. The van der Waals surface area contributed by atoms with E-state index in [1.54, 1.807) is 0 Å². The fourth-order valence-corrected chi connectivity index (χ4v) is 43.2. The van der Waals surface area contributed by atoms with E-state index in [1.165, 1.54) is 66.8 Å². The standard InChI is InChI=1S/2C20H21.C3H7.3CH3.CH2.Hf/c2*1-14-13-16(20(2,3)4)11-12-17(14)19-10-6-8-15-7-5-9-18(15)19;1-3-2;;;;;/h2*5-13H,1-4H3;1,3H2,2H3;3*1H3;1H2;. The molecule has 0 saturated heterocycles. The summed E-state index contributed by atoms with van der Waals surface area (Å²) in [6, 6.07) is 28.3. The summed E-state index contributed by atoms with van der Waals surface area (Å²) in [5.74, 6) is 0. The zero-order valence-corrected chi connectivity index (χ0v) is 35.6. The summed E-state index contributed by atoms with van der Waals surface area (Å²) in [5, 5.41) is 0. The van der Waals surface area contributed by atoms with Crippen molar-refractivity contribution in [2.75, 3.05) is 0 Å². The molecule has 4 aromatic carbocycles. The molecule has 0 amide bonds. The predicted octanol–water partition coefficient (Wildman–Crippen LogP) is 14.2. The van der Waals surface area contributed by atoms with Gasteiger partial charge in [0.1, 0.15) is 0 Å². The van der Waals surface area contributed by atoms with Crippen LogP contribution in [0.1, 0.15) is 107 Å². The fraction of sp³-hybridized carbons (Fsp3) is 0.383. The maximum atomic E-state index is 5.73. The van der Waals surface area contributed by atoms with E-state index < -0.39 is 15.1 Å². The van der Waals surface area contributed by atoms with E-state index in [0.29, 0.717) is 0 Å². The summed E-state index contributed by atoms with van der Waals surface area (Å²) in [7, 11) is 0. The second-order valence-electron chi connectivity index (χ2n) is 21.2. The van der Waals surface area contributed by atoms with Crippen LogP contribution in [0.2, 0.25) is 18.2 Å². The summed E-state index contributed by atoms with van der Waals surface area (Å²) < 4.78 is 15.6. The van der Waals surface area contributed by atoms with Gasteiger partial charge in [0.05, 0.1) is 0 Å². The summed E-state index contributed by atoms with van der Waals surface area (Å²) in [6.07, 6.45) is 11.2. The van der Waals surface area contributed by atoms with Crippen LogP contribution in [0.4, 0.5) is 0 Å². The van der Waals surface area contributed by atoms with Crippen LogP contribution < -0.4 is 0 Å². The monoisotopic (exact) mass is 804 g/mol. The molecule has 1 heteroatoms. The molecule has 0 bridgehead atoms. The van der Waals surface area contributed by atoms with E-state index in [-0.39, 0.29) is 18.2 Å². The number of hydrogen-bond donors (Lipinski definition) is 0. The normalized spacial score (nSPS) is 19.7. The van der Waals surface area contributed by atoms with Crippen molar-refractivity contribution < 1.29 is 15.1 Å². The average molecular weight is 803 g/mol. The molecule has 2 unspecified atom stereocenters. The van der Waals surface area contributed by atoms with Crippen LogP contribution >= 0.6 is 0 Å². The summed E-state index contributed by atoms with van der Waals surface area (Å²) in [4.78, 5) is 0. The van der Waals surface area contributed by atoms with Gasteiger partial charge in [-0.2, -0.15) is 0 Å². The van der Waals surface area contributed by atoms with Gasteiger partial charge in [-0.25, -0.2) is 0 Å². The first-order valence-electron chi connectivity index (χ1n) is 18.4. The first-order valence-corrected chi connectivity index (χ1v) is 38.5. The van der Waals surface area contributed by atoms with Crippen LogP contribution in [0.3, 0.4) is 0 Å². The van der Waals surface area contributed by atoms with Gasteiger partial charge in [0.15, 0.2) is 0 Å². The molecule has 48 heavy (non-hydrogen) atoms. The number of fused-ring (bicyclic) bond motifs is 2. The zero-order chi connectivity index (χ0) is 35.2. The number of rotatable bonds is 6. The number of aryl methyl sites for hydroxylation is 2. The van der Waals surface area contributed by atoms with Crippen molar-refractivity contribution in [1.82, 2.24) is 0 Å². The molecule has 0 spiro atoms. The van der Waals surface area contributed by atoms with E-state index in [4.69, 9.17) is 4.26 Å². The minimum atomic E-state index is -5.22. The molecule has 0 nitrogen and oxygen atoms in total. The molecule has 0 aromatic heterocycles. The third-order valence-electron chi connectivity index (χ3n) is 13.2. The Balaban J connectivity index is 1.51. The van der Waals surface area contributed by atoms with Gasteiger partial charge in [0.2, 0.25) is 0 Å². The maximum absolute atomic E-state index is 5.73. The van der Waals surface area contributed by atoms with E-state index in [0.717, 1.165) is 10.6 Å². The zero-order valence-electron chi connectivity index (χ0n) is 32.0. The van der Waals surface area contributed by atoms with Crippen LogP contribution in [0.15, 0.2) is 84.9 Å². The number of hydrogen-bond acceptors (Lipinski definition) is 0. The molecule has 252 valence electrons. The summed E-state index contributed by atoms with van der Waals surface area (Å²) in [5.41, 5.74) is 16.8. The Bertz CT molecular complexity index is 2020. The molecule has 0 fully saturated rings. The molecule has 2 aliphatic carbocycles. The van der Waals surface area contributed by atoms with E-state index in [9.17, 15) is 0 Å². The molecule has 6 rings (SSSR count). The molecule has 0 aliphatic heterocycles. The molecular weight excluding hydrogens is 743 g/mol. The van der Waals surface area contributed by atoms with Crippen molar-refractivity contribution in [1.29, 1.82) is 0 Å². The van der Waals surface area contributed by atoms with E-state index in [1.807, 2.05) is 0 Å². The topological polar surface area (TPSA) is 0 Å². The van der Waals surface area contributed by atoms with Crippen LogP contribution in [-0.2, 0) is 25.9 Å². The van der Waals surface area contributed by atoms with E-state index in [2.05, 4.69) is 173 Å². The second kappa shape index (κ2) is 10.1. The molecule has 4 aromatic rings. The van der Waals surface area contributed by atoms with Gasteiger partial charge in [0.25, 0.3) is 0 Å². The first kappa shape index (κ1) is 34.9. The molecule has 0 heterocycles. The SMILES string of the molecule is [CH2]=[Hf]([CH3])([CH3])([CH3])([CH2]CC)([CH]1C=Cc2c(-c3ccc(C(C)(C)C)cc3C)cccc21)[CH]1C=Cc2c(-c3ccc(C(C)(C)C)cc3C)cccc21. The van der Waals surface area contributed by atoms with Crippen LogP contribution in [-0.4, -0.2) is 4.26 Å².